The summed E-state index contributed by atoms with van der Waals surface area (Å²) in [5, 5.41) is 0. The minimum absolute atomic E-state index is 0.0887. The van der Waals surface area contributed by atoms with Gasteiger partial charge in [0.25, 0.3) is 0 Å². The first-order valence-corrected chi connectivity index (χ1v) is 15.4. The molecule has 0 saturated heterocycles. The highest BCUT2D eigenvalue weighted by atomic mass is 32.2. The van der Waals surface area contributed by atoms with Crippen LogP contribution in [0, 0.1) is 0 Å². The van der Waals surface area contributed by atoms with E-state index < -0.39 is 39.5 Å². The number of halogens is 3. The highest BCUT2D eigenvalue weighted by Crippen LogP contribution is 2.58. The van der Waals surface area contributed by atoms with Gasteiger partial charge in [-0.3, -0.25) is 0 Å². The molecule has 1 unspecified atom stereocenters. The molecule has 0 aromatic heterocycles. The number of para-hydroxylation sites is 3. The molecule has 4 rings (SSSR count). The highest BCUT2D eigenvalue weighted by Gasteiger charge is 2.73. The Bertz CT molecular complexity index is 1580. The normalized spacial score (nSPS) is 13.2. The standard InChI is InChI=1S/C29H25F3NO8PS/c1-37-22-18-20-26(21-19-22)43(35,36)28(27(34)38-2,29(30,31)32)33-42(39-23-12-6-3-7-13-23,40-24-14-8-4-9-15-24)41-25-16-10-5-11-17-25/h3-21H,1-2H3. The van der Waals surface area contributed by atoms with Crippen molar-refractivity contribution in [1.82, 2.24) is 0 Å². The average molecular weight is 636 g/mol. The molecule has 0 bridgehead atoms. The zero-order chi connectivity index (χ0) is 31.1. The molecule has 0 aliphatic carbocycles. The number of carbonyl (C=O) groups excluding carboxylic acids is 1. The van der Waals surface area contributed by atoms with Crippen molar-refractivity contribution in [2.45, 2.75) is 15.9 Å². The van der Waals surface area contributed by atoms with E-state index in [1.165, 1.54) is 79.9 Å². The van der Waals surface area contributed by atoms with Crippen LogP contribution in [0.1, 0.15) is 0 Å². The first-order valence-electron chi connectivity index (χ1n) is 12.4. The van der Waals surface area contributed by atoms with E-state index in [9.17, 15) is 13.2 Å². The summed E-state index contributed by atoms with van der Waals surface area (Å²) in [6, 6.07) is 26.1. The zero-order valence-corrected chi connectivity index (χ0v) is 24.4. The van der Waals surface area contributed by atoms with E-state index in [-0.39, 0.29) is 23.0 Å². The lowest BCUT2D eigenvalue weighted by atomic mass is 10.3. The number of methoxy groups -OCH3 is 2. The molecule has 0 heterocycles. The number of nitrogens with zero attached hydrogens (tertiary/aromatic N) is 1. The number of hydrogen-bond donors (Lipinski definition) is 0. The third-order valence-corrected chi connectivity index (χ3v) is 9.93. The number of carbonyl (C=O) groups is 1. The van der Waals surface area contributed by atoms with Gasteiger partial charge >= 0.3 is 24.8 Å². The maximum absolute atomic E-state index is 15.3. The van der Waals surface area contributed by atoms with Gasteiger partial charge in [-0.2, -0.15) is 17.9 Å². The highest BCUT2D eigenvalue weighted by molar-refractivity contribution is 7.93. The molecule has 0 aliphatic heterocycles. The fraction of sp³-hybridized carbons (Fsp3) is 0.138. The lowest BCUT2D eigenvalue weighted by molar-refractivity contribution is -0.185. The van der Waals surface area contributed by atoms with Gasteiger partial charge in [0.05, 0.1) is 19.1 Å². The van der Waals surface area contributed by atoms with E-state index in [1.54, 1.807) is 18.2 Å². The second kappa shape index (κ2) is 12.8. The van der Waals surface area contributed by atoms with Crippen molar-refractivity contribution in [2.24, 2.45) is 4.74 Å². The molecule has 0 N–H and O–H groups in total. The third-order valence-electron chi connectivity index (χ3n) is 5.76. The molecular weight excluding hydrogens is 610 g/mol. The SMILES string of the molecule is COC(=O)C(N=P(Oc1ccccc1)(Oc1ccccc1)Oc1ccccc1)(C(F)(F)F)S(=O)(=O)c1ccc(OC)cc1. The van der Waals surface area contributed by atoms with Gasteiger partial charge in [0, 0.05) is 0 Å². The monoisotopic (exact) mass is 635 g/mol. The maximum Gasteiger partial charge on any atom is 0.525 e. The van der Waals surface area contributed by atoms with Gasteiger partial charge in [0.1, 0.15) is 23.0 Å². The lowest BCUT2D eigenvalue weighted by Gasteiger charge is -2.32. The van der Waals surface area contributed by atoms with Crippen molar-refractivity contribution in [3.8, 4) is 23.0 Å². The number of ether oxygens (including phenoxy) is 2. The van der Waals surface area contributed by atoms with Crippen molar-refractivity contribution in [1.29, 1.82) is 0 Å². The summed E-state index contributed by atoms with van der Waals surface area (Å²) in [5.74, 6) is -2.37. The molecule has 43 heavy (non-hydrogen) atoms. The van der Waals surface area contributed by atoms with E-state index in [2.05, 4.69) is 9.48 Å². The van der Waals surface area contributed by atoms with Crippen molar-refractivity contribution in [3.05, 3.63) is 115 Å². The second-order valence-corrected chi connectivity index (χ2v) is 12.3. The van der Waals surface area contributed by atoms with Crippen LogP contribution in [0.25, 0.3) is 0 Å². The Kier molecular flexibility index (Phi) is 9.37. The molecule has 226 valence electrons. The van der Waals surface area contributed by atoms with Gasteiger partial charge in [0.15, 0.2) is 0 Å². The number of alkyl halides is 3. The molecule has 0 radical (unpaired) electrons. The number of esters is 1. The third kappa shape index (κ3) is 6.63. The molecule has 0 saturated carbocycles. The van der Waals surface area contributed by atoms with Gasteiger partial charge in [-0.1, -0.05) is 54.6 Å². The number of sulfone groups is 1. The largest absolute Gasteiger partial charge is 0.525 e. The molecule has 0 fully saturated rings. The molecule has 0 spiro atoms. The van der Waals surface area contributed by atoms with Crippen LogP contribution in [0.5, 0.6) is 23.0 Å². The van der Waals surface area contributed by atoms with Crippen molar-refractivity contribution >= 4 is 23.5 Å². The Morgan fingerprint density at radius 3 is 1.37 bits per heavy atom. The van der Waals surface area contributed by atoms with E-state index in [0.29, 0.717) is 7.11 Å². The summed E-state index contributed by atoms with van der Waals surface area (Å²) in [5.41, 5.74) is 0. The van der Waals surface area contributed by atoms with Crippen LogP contribution >= 0.6 is 7.74 Å². The molecule has 4 aromatic rings. The van der Waals surface area contributed by atoms with Crippen LogP contribution < -0.4 is 18.3 Å². The summed E-state index contributed by atoms with van der Waals surface area (Å²) < 4.78 is 105. The van der Waals surface area contributed by atoms with E-state index in [4.69, 9.17) is 18.3 Å². The van der Waals surface area contributed by atoms with Crippen molar-refractivity contribution < 1.29 is 49.4 Å². The van der Waals surface area contributed by atoms with Crippen molar-refractivity contribution in [2.75, 3.05) is 14.2 Å². The molecule has 9 nitrogen and oxygen atoms in total. The Morgan fingerprint density at radius 1 is 0.651 bits per heavy atom. The fourth-order valence-electron chi connectivity index (χ4n) is 3.73. The summed E-state index contributed by atoms with van der Waals surface area (Å²) in [4.78, 5) is 7.75. The maximum atomic E-state index is 15.3. The molecule has 4 aromatic carbocycles. The molecular formula is C29H25F3NO8PS. The lowest BCUT2D eigenvalue weighted by Crippen LogP contribution is -2.57. The minimum Gasteiger partial charge on any atom is -0.497 e. The first kappa shape index (κ1) is 31.5. The summed E-state index contributed by atoms with van der Waals surface area (Å²) in [6.07, 6.45) is -5.91. The number of benzene rings is 4. The number of rotatable bonds is 11. The van der Waals surface area contributed by atoms with Crippen LogP contribution in [-0.4, -0.2) is 39.7 Å². The molecule has 0 amide bonds. The van der Waals surface area contributed by atoms with Gasteiger partial charge in [0.2, 0.25) is 9.84 Å². The predicted molar refractivity (Wildman–Crippen MR) is 152 cm³/mol. The quantitative estimate of drug-likeness (QED) is 0.127. The first-order chi connectivity index (χ1) is 20.5. The van der Waals surface area contributed by atoms with Gasteiger partial charge in [-0.05, 0) is 60.7 Å². The zero-order valence-electron chi connectivity index (χ0n) is 22.7. The Hall–Kier alpha value is -4.48. The van der Waals surface area contributed by atoms with E-state index in [0.717, 1.165) is 24.3 Å². The van der Waals surface area contributed by atoms with Crippen LogP contribution in [0.2, 0.25) is 0 Å². The average Bonchev–Trinajstić information content (AvgIpc) is 3.00. The summed E-state index contributed by atoms with van der Waals surface area (Å²) in [6.45, 7) is 0. The predicted octanol–water partition coefficient (Wildman–Crippen LogP) is 7.08. The van der Waals surface area contributed by atoms with Gasteiger partial charge in [-0.25, -0.2) is 13.2 Å². The molecule has 1 atom stereocenters. The van der Waals surface area contributed by atoms with Crippen molar-refractivity contribution in [3.63, 3.8) is 0 Å². The van der Waals surface area contributed by atoms with Crippen LogP contribution in [0.3, 0.4) is 0 Å². The van der Waals surface area contributed by atoms with Gasteiger partial charge < -0.3 is 23.0 Å². The molecule has 0 aliphatic rings. The smallest absolute Gasteiger partial charge is 0.497 e. The van der Waals surface area contributed by atoms with E-state index >= 15 is 13.2 Å². The Labute approximate surface area is 246 Å². The summed E-state index contributed by atoms with van der Waals surface area (Å²) in [7, 11) is -8.89. The summed E-state index contributed by atoms with van der Waals surface area (Å²) >= 11 is 0. The van der Waals surface area contributed by atoms with Crippen LogP contribution in [-0.2, 0) is 19.4 Å². The van der Waals surface area contributed by atoms with Gasteiger partial charge in [-0.15, -0.1) is 0 Å². The fourth-order valence-corrected chi connectivity index (χ4v) is 7.84. The second-order valence-electron chi connectivity index (χ2n) is 8.59. The van der Waals surface area contributed by atoms with Crippen LogP contribution in [0.15, 0.2) is 125 Å². The topological polar surface area (TPSA) is 110 Å². The number of hydrogen-bond acceptors (Lipinski definition) is 9. The van der Waals surface area contributed by atoms with E-state index in [1.807, 2.05) is 0 Å². The Balaban J connectivity index is 2.14. The Morgan fingerprint density at radius 2 is 1.05 bits per heavy atom. The minimum atomic E-state index is -5.91. The van der Waals surface area contributed by atoms with Crippen LogP contribution in [0.4, 0.5) is 13.2 Å². The molecule has 14 heteroatoms.